The number of halogens is 2. The number of methoxy groups -OCH3 is 4. The van der Waals surface area contributed by atoms with Gasteiger partial charge in [0.2, 0.25) is 0 Å². The number of carbonyl (C=O) groups is 4. The summed E-state index contributed by atoms with van der Waals surface area (Å²) in [6, 6.07) is 10.8. The number of ketones is 4. The second kappa shape index (κ2) is 13.2. The number of hydrogen-bond acceptors (Lipinski definition) is 10. The molecule has 0 radical (unpaired) electrons. The Hall–Kier alpha value is -2.74. The second-order valence-corrected chi connectivity index (χ2v) is 15.0. The van der Waals surface area contributed by atoms with Crippen LogP contribution in [0, 0.1) is 29.6 Å². The number of Topliss-reactive ketones (excluding diaryl/α,β-unsaturated/α-hetero) is 4. The standard InChI is InChI=1S/C18H19BrO5.C18H17BrO5/c2*1-22-7-8-5-12-14-15(18(8)24-12)17(21)13(16(14)20)10-4-3-9(19)6-11(10)23-2/h3-4,6,8,12-15,18H,5,7H2,1-2H3;3-6,12-15,18H,7H2,1-2H3/t8-,12+,13?,14+,15-,18-;12-,13?,14-,15+,18+/m10/s1. The summed E-state index contributed by atoms with van der Waals surface area (Å²) in [5.74, 6) is -1.82. The van der Waals surface area contributed by atoms with Crippen LogP contribution in [0.2, 0.25) is 0 Å². The zero-order chi connectivity index (χ0) is 34.0. The molecular formula is C36H36Br2O10. The molecule has 0 N–H and O–H groups in total. The quantitative estimate of drug-likeness (QED) is 0.276. The minimum atomic E-state index is -0.771. The van der Waals surface area contributed by atoms with Gasteiger partial charge in [0, 0.05) is 40.2 Å². The summed E-state index contributed by atoms with van der Waals surface area (Å²) in [4.78, 5) is 52.1. The van der Waals surface area contributed by atoms with E-state index in [-0.39, 0.29) is 71.2 Å². The van der Waals surface area contributed by atoms with Gasteiger partial charge in [0.25, 0.3) is 0 Å². The molecular weight excluding hydrogens is 752 g/mol. The Balaban J connectivity index is 0.000000152. The Morgan fingerprint density at radius 2 is 1.27 bits per heavy atom. The summed E-state index contributed by atoms with van der Waals surface area (Å²) < 4.78 is 34.7. The summed E-state index contributed by atoms with van der Waals surface area (Å²) in [5, 5.41) is 0. The Kier molecular flexibility index (Phi) is 9.27. The van der Waals surface area contributed by atoms with Gasteiger partial charge in [0.15, 0.2) is 23.1 Å². The molecule has 0 amide bonds. The normalized spacial score (nSPS) is 35.5. The highest BCUT2D eigenvalue weighted by atomic mass is 79.9. The van der Waals surface area contributed by atoms with E-state index in [0.29, 0.717) is 35.8 Å². The van der Waals surface area contributed by atoms with Crippen molar-refractivity contribution in [3.63, 3.8) is 0 Å². The molecule has 2 aromatic rings. The first-order chi connectivity index (χ1) is 23.1. The molecule has 10 nitrogen and oxygen atoms in total. The predicted octanol–water partition coefficient (Wildman–Crippen LogP) is 4.64. The molecule has 2 aromatic carbocycles. The van der Waals surface area contributed by atoms with Crippen LogP contribution in [0.3, 0.4) is 0 Å². The largest absolute Gasteiger partial charge is 0.496 e. The Labute approximate surface area is 295 Å². The number of carbonyl (C=O) groups excluding carboxylic acids is 4. The molecule has 0 spiro atoms. The maximum absolute atomic E-state index is 13.1. The average Bonchev–Trinajstić information content (AvgIpc) is 3.91. The third kappa shape index (κ3) is 5.25. The van der Waals surface area contributed by atoms with E-state index in [0.717, 1.165) is 20.9 Å². The lowest BCUT2D eigenvalue weighted by Gasteiger charge is -2.25. The van der Waals surface area contributed by atoms with Crippen molar-refractivity contribution in [1.29, 1.82) is 0 Å². The zero-order valence-corrected chi connectivity index (χ0v) is 30.0. The van der Waals surface area contributed by atoms with Crippen molar-refractivity contribution < 1.29 is 47.6 Å². The lowest BCUT2D eigenvalue weighted by atomic mass is 9.75. The van der Waals surface area contributed by atoms with Crippen molar-refractivity contribution >= 4 is 55.0 Å². The lowest BCUT2D eigenvalue weighted by molar-refractivity contribution is -0.129. The van der Waals surface area contributed by atoms with Crippen molar-refractivity contribution in [1.82, 2.24) is 0 Å². The van der Waals surface area contributed by atoms with Gasteiger partial charge in [0.1, 0.15) is 23.3 Å². The molecule has 3 saturated heterocycles. The van der Waals surface area contributed by atoms with E-state index in [1.165, 1.54) is 0 Å². The third-order valence-corrected chi connectivity index (χ3v) is 11.7. The summed E-state index contributed by atoms with van der Waals surface area (Å²) in [6.45, 7) is 0.996. The topological polar surface area (TPSA) is 124 Å². The molecule has 48 heavy (non-hydrogen) atoms. The molecule has 4 aliphatic heterocycles. The van der Waals surface area contributed by atoms with Crippen molar-refractivity contribution in [3.8, 4) is 11.5 Å². The highest BCUT2D eigenvalue weighted by molar-refractivity contribution is 9.10. The third-order valence-electron chi connectivity index (χ3n) is 10.7. The second-order valence-electron chi connectivity index (χ2n) is 13.1. The van der Waals surface area contributed by atoms with Crippen LogP contribution in [-0.4, -0.2) is 89.2 Å². The van der Waals surface area contributed by atoms with Gasteiger partial charge in [-0.25, -0.2) is 0 Å². The molecule has 12 heteroatoms. The van der Waals surface area contributed by atoms with Gasteiger partial charge in [-0.05, 0) is 36.3 Å². The van der Waals surface area contributed by atoms with Crippen LogP contribution < -0.4 is 9.47 Å². The SMILES string of the molecule is COCC1=C[C@@H]2O[C@H]1[C@H]1C(=O)C(c3ccc(Br)cc3OC)C(=O)[C@H]12.COC[C@H]1C[C@@H]2O[C@H]1[C@H]1C(=O)C(c3ccc(Br)cc3OC)C(=O)[C@H]12. The Morgan fingerprint density at radius 3 is 1.83 bits per heavy atom. The molecule has 2 saturated carbocycles. The van der Waals surface area contributed by atoms with E-state index < -0.39 is 17.8 Å². The number of ether oxygens (including phenoxy) is 6. The first kappa shape index (κ1) is 33.7. The fraction of sp³-hybridized carbons (Fsp3) is 0.500. The molecule has 254 valence electrons. The predicted molar refractivity (Wildman–Crippen MR) is 178 cm³/mol. The molecule has 5 fully saturated rings. The van der Waals surface area contributed by atoms with Gasteiger partial charge in [0.05, 0.1) is 75.5 Å². The highest BCUT2D eigenvalue weighted by Gasteiger charge is 2.66. The fourth-order valence-electron chi connectivity index (χ4n) is 8.89. The van der Waals surface area contributed by atoms with Crippen molar-refractivity contribution in [3.05, 3.63) is 68.1 Å². The fourth-order valence-corrected chi connectivity index (χ4v) is 9.57. The first-order valence-electron chi connectivity index (χ1n) is 15.9. The molecule has 0 aromatic heterocycles. The van der Waals surface area contributed by atoms with Gasteiger partial charge < -0.3 is 28.4 Å². The van der Waals surface area contributed by atoms with Crippen LogP contribution in [0.15, 0.2) is 57.0 Å². The van der Waals surface area contributed by atoms with Gasteiger partial charge in [-0.15, -0.1) is 0 Å². The smallest absolute Gasteiger partial charge is 0.154 e. The molecule has 2 aliphatic carbocycles. The highest BCUT2D eigenvalue weighted by Crippen LogP contribution is 2.56. The van der Waals surface area contributed by atoms with Gasteiger partial charge in [-0.3, -0.25) is 19.2 Å². The van der Waals surface area contributed by atoms with E-state index >= 15 is 0 Å². The minimum absolute atomic E-state index is 0.0195. The van der Waals surface area contributed by atoms with Crippen LogP contribution in [0.25, 0.3) is 0 Å². The van der Waals surface area contributed by atoms with Crippen molar-refractivity contribution in [2.24, 2.45) is 29.6 Å². The monoisotopic (exact) mass is 786 g/mol. The van der Waals surface area contributed by atoms with Crippen LogP contribution in [0.4, 0.5) is 0 Å². The number of benzene rings is 2. The summed E-state index contributed by atoms with van der Waals surface area (Å²) in [7, 11) is 6.36. The Bertz CT molecular complexity index is 1650. The van der Waals surface area contributed by atoms with Crippen LogP contribution in [0.1, 0.15) is 29.4 Å². The van der Waals surface area contributed by atoms with E-state index in [2.05, 4.69) is 31.9 Å². The van der Waals surface area contributed by atoms with Crippen LogP contribution in [-0.2, 0) is 38.1 Å². The average molecular weight is 788 g/mol. The van der Waals surface area contributed by atoms with E-state index in [1.54, 1.807) is 52.7 Å². The first-order valence-corrected chi connectivity index (χ1v) is 17.5. The van der Waals surface area contributed by atoms with E-state index in [1.807, 2.05) is 18.2 Å². The van der Waals surface area contributed by atoms with Crippen LogP contribution >= 0.6 is 31.9 Å². The maximum Gasteiger partial charge on any atom is 0.154 e. The molecule has 2 unspecified atom stereocenters. The van der Waals surface area contributed by atoms with Gasteiger partial charge >= 0.3 is 0 Å². The minimum Gasteiger partial charge on any atom is -0.496 e. The van der Waals surface area contributed by atoms with Crippen molar-refractivity contribution in [2.75, 3.05) is 41.7 Å². The van der Waals surface area contributed by atoms with Gasteiger partial charge in [-0.2, -0.15) is 0 Å². The lowest BCUT2D eigenvalue weighted by Crippen LogP contribution is -2.36. The van der Waals surface area contributed by atoms with Crippen molar-refractivity contribution in [2.45, 2.75) is 42.7 Å². The zero-order valence-electron chi connectivity index (χ0n) is 26.9. The molecule has 11 atom stereocenters. The molecule has 6 aliphatic rings. The maximum atomic E-state index is 13.1. The summed E-state index contributed by atoms with van der Waals surface area (Å²) >= 11 is 6.78. The molecule has 4 bridgehead atoms. The number of fused-ring (bicyclic) bond motifs is 10. The summed E-state index contributed by atoms with van der Waals surface area (Å²) in [6.07, 6.45) is 1.76. The van der Waals surface area contributed by atoms with E-state index in [4.69, 9.17) is 28.4 Å². The van der Waals surface area contributed by atoms with E-state index in [9.17, 15) is 19.2 Å². The summed E-state index contributed by atoms with van der Waals surface area (Å²) in [5.41, 5.74) is 2.26. The molecule has 8 rings (SSSR count). The van der Waals surface area contributed by atoms with Gasteiger partial charge in [-0.1, -0.05) is 50.1 Å². The Morgan fingerprint density at radius 1 is 0.708 bits per heavy atom. The molecule has 4 heterocycles. The number of hydrogen-bond donors (Lipinski definition) is 0. The van der Waals surface area contributed by atoms with Crippen LogP contribution in [0.5, 0.6) is 11.5 Å². The number of rotatable bonds is 8.